The number of furan rings is 1. The van der Waals surface area contributed by atoms with E-state index in [0.29, 0.717) is 36.7 Å². The van der Waals surface area contributed by atoms with Gasteiger partial charge in [0, 0.05) is 37.5 Å². The molecule has 1 aliphatic heterocycles. The molecule has 3 heterocycles. The van der Waals surface area contributed by atoms with Crippen molar-refractivity contribution in [1.82, 2.24) is 15.2 Å². The van der Waals surface area contributed by atoms with Crippen molar-refractivity contribution in [2.24, 2.45) is 5.92 Å². The molecule has 1 N–H and O–H groups in total. The number of amides is 2. The molecule has 3 aromatic rings. The van der Waals surface area contributed by atoms with E-state index >= 15 is 0 Å². The number of nitrogens with one attached hydrogen (secondary N) is 1. The van der Waals surface area contributed by atoms with Crippen LogP contribution >= 0.6 is 0 Å². The molecule has 31 heavy (non-hydrogen) atoms. The van der Waals surface area contributed by atoms with Crippen molar-refractivity contribution in [1.29, 1.82) is 0 Å². The topological polar surface area (TPSA) is 84.7 Å². The van der Waals surface area contributed by atoms with E-state index in [1.165, 1.54) is 18.4 Å². The predicted octanol–water partition coefficient (Wildman–Crippen LogP) is 3.77. The molecule has 0 radical (unpaired) electrons. The van der Waals surface area contributed by atoms with E-state index in [0.717, 1.165) is 6.42 Å². The summed E-state index contributed by atoms with van der Waals surface area (Å²) in [5, 5.41) is 2.91. The highest BCUT2D eigenvalue weighted by Crippen LogP contribution is 2.24. The molecule has 4 rings (SSSR count). The van der Waals surface area contributed by atoms with E-state index in [4.69, 9.17) is 9.15 Å². The quantitative estimate of drug-likeness (QED) is 0.652. The van der Waals surface area contributed by atoms with Gasteiger partial charge >= 0.3 is 0 Å². The zero-order chi connectivity index (χ0) is 21.6. The molecular weight excluding hydrogens is 401 g/mol. The number of benzene rings is 1. The van der Waals surface area contributed by atoms with Crippen LogP contribution in [0.15, 0.2) is 65.4 Å². The summed E-state index contributed by atoms with van der Waals surface area (Å²) < 4.78 is 24.3. The van der Waals surface area contributed by atoms with Gasteiger partial charge in [0.1, 0.15) is 11.6 Å². The van der Waals surface area contributed by atoms with Gasteiger partial charge in [-0.1, -0.05) is 12.1 Å². The van der Waals surface area contributed by atoms with Crippen LogP contribution in [-0.2, 0) is 11.3 Å². The number of nitrogens with zero attached hydrogens (tertiary/aromatic N) is 2. The monoisotopic (exact) mass is 423 g/mol. The molecular formula is C23H22FN3O4. The smallest absolute Gasteiger partial charge is 0.289 e. The van der Waals surface area contributed by atoms with Crippen molar-refractivity contribution >= 4 is 11.8 Å². The Morgan fingerprint density at radius 3 is 2.94 bits per heavy atom. The van der Waals surface area contributed by atoms with E-state index in [2.05, 4.69) is 10.3 Å². The highest BCUT2D eigenvalue weighted by Gasteiger charge is 2.29. The molecule has 8 heteroatoms. The molecule has 2 aromatic heterocycles. The molecule has 0 spiro atoms. The Morgan fingerprint density at radius 1 is 1.23 bits per heavy atom. The number of piperidine rings is 1. The van der Waals surface area contributed by atoms with Crippen LogP contribution in [0, 0.1) is 11.7 Å². The van der Waals surface area contributed by atoms with Gasteiger partial charge in [-0.05, 0) is 43.2 Å². The first kappa shape index (κ1) is 20.6. The lowest BCUT2D eigenvalue weighted by atomic mass is 9.97. The number of ether oxygens (including phenoxy) is 1. The van der Waals surface area contributed by atoms with Crippen LogP contribution in [0.4, 0.5) is 4.39 Å². The second-order valence-electron chi connectivity index (χ2n) is 7.31. The number of hydrogen-bond donors (Lipinski definition) is 1. The lowest BCUT2D eigenvalue weighted by Crippen LogP contribution is -2.45. The minimum atomic E-state index is -0.408. The highest BCUT2D eigenvalue weighted by molar-refractivity contribution is 5.92. The lowest BCUT2D eigenvalue weighted by molar-refractivity contribution is -0.126. The molecule has 2 amide bonds. The van der Waals surface area contributed by atoms with Gasteiger partial charge in [0.15, 0.2) is 5.76 Å². The van der Waals surface area contributed by atoms with E-state index in [1.807, 2.05) is 0 Å². The van der Waals surface area contributed by atoms with Crippen molar-refractivity contribution in [2.75, 3.05) is 13.1 Å². The zero-order valence-electron chi connectivity index (χ0n) is 16.8. The molecule has 1 saturated heterocycles. The average molecular weight is 423 g/mol. The molecule has 1 atom stereocenters. The summed E-state index contributed by atoms with van der Waals surface area (Å²) in [4.78, 5) is 31.1. The van der Waals surface area contributed by atoms with E-state index in [1.54, 1.807) is 47.5 Å². The zero-order valence-corrected chi connectivity index (χ0v) is 16.8. The normalized spacial score (nSPS) is 16.0. The van der Waals surface area contributed by atoms with Gasteiger partial charge in [-0.3, -0.25) is 9.59 Å². The minimum Gasteiger partial charge on any atom is -0.459 e. The van der Waals surface area contributed by atoms with Gasteiger partial charge in [0.25, 0.3) is 5.91 Å². The van der Waals surface area contributed by atoms with Crippen LogP contribution in [0.2, 0.25) is 0 Å². The molecule has 0 saturated carbocycles. The second kappa shape index (κ2) is 9.42. The summed E-state index contributed by atoms with van der Waals surface area (Å²) in [6.07, 6.45) is 4.47. The average Bonchev–Trinajstić information content (AvgIpc) is 3.33. The number of carbonyl (C=O) groups excluding carboxylic acids is 2. The fourth-order valence-electron chi connectivity index (χ4n) is 3.55. The van der Waals surface area contributed by atoms with Gasteiger partial charge in [-0.15, -0.1) is 0 Å². The van der Waals surface area contributed by atoms with Crippen LogP contribution in [0.25, 0.3) is 0 Å². The van der Waals surface area contributed by atoms with Crippen molar-refractivity contribution in [3.05, 3.63) is 78.1 Å². The van der Waals surface area contributed by atoms with E-state index in [9.17, 15) is 14.0 Å². The Morgan fingerprint density at radius 2 is 2.13 bits per heavy atom. The van der Waals surface area contributed by atoms with Gasteiger partial charge in [0.2, 0.25) is 11.8 Å². The van der Waals surface area contributed by atoms with Crippen molar-refractivity contribution < 1.29 is 23.1 Å². The van der Waals surface area contributed by atoms with Gasteiger partial charge in [-0.25, -0.2) is 9.37 Å². The third-order valence-corrected chi connectivity index (χ3v) is 5.12. The molecule has 1 fully saturated rings. The largest absolute Gasteiger partial charge is 0.459 e. The third kappa shape index (κ3) is 5.09. The SMILES string of the molecule is O=C(NCc1cccnc1Oc1cccc(F)c1)[C@H]1CCCN(C(=O)c2ccco2)C1. The number of hydrogen-bond acceptors (Lipinski definition) is 5. The molecule has 1 aliphatic rings. The Balaban J connectivity index is 1.37. The summed E-state index contributed by atoms with van der Waals surface area (Å²) in [7, 11) is 0. The Hall–Kier alpha value is -3.68. The standard InChI is InChI=1S/C23H22FN3O4/c24-18-7-1-8-19(13-18)31-22-16(5-2-10-25-22)14-26-21(28)17-6-3-11-27(15-17)23(29)20-9-4-12-30-20/h1-2,4-5,7-10,12-13,17H,3,6,11,14-15H2,(H,26,28)/t17-/m0/s1. The number of likely N-dealkylation sites (tertiary alicyclic amines) is 1. The van der Waals surface area contributed by atoms with Gasteiger partial charge in [0.05, 0.1) is 12.2 Å². The first-order chi connectivity index (χ1) is 15.1. The number of rotatable bonds is 6. The molecule has 0 unspecified atom stereocenters. The first-order valence-corrected chi connectivity index (χ1v) is 10.1. The number of halogens is 1. The van der Waals surface area contributed by atoms with Crippen LogP contribution < -0.4 is 10.1 Å². The van der Waals surface area contributed by atoms with Crippen LogP contribution in [0.5, 0.6) is 11.6 Å². The van der Waals surface area contributed by atoms with Gasteiger partial charge in [-0.2, -0.15) is 0 Å². The minimum absolute atomic E-state index is 0.141. The fourth-order valence-corrected chi connectivity index (χ4v) is 3.55. The van der Waals surface area contributed by atoms with E-state index < -0.39 is 5.82 Å². The number of carbonyl (C=O) groups is 2. The van der Waals surface area contributed by atoms with Crippen LogP contribution in [-0.4, -0.2) is 34.8 Å². The number of pyridine rings is 1. The lowest BCUT2D eigenvalue weighted by Gasteiger charge is -2.31. The molecule has 1 aromatic carbocycles. The summed E-state index contributed by atoms with van der Waals surface area (Å²) in [6.45, 7) is 1.14. The fraction of sp³-hybridized carbons (Fsp3) is 0.261. The Kier molecular flexibility index (Phi) is 6.26. The molecule has 0 bridgehead atoms. The summed E-state index contributed by atoms with van der Waals surface area (Å²) >= 11 is 0. The third-order valence-electron chi connectivity index (χ3n) is 5.12. The maximum atomic E-state index is 13.4. The molecule has 0 aliphatic carbocycles. The first-order valence-electron chi connectivity index (χ1n) is 10.1. The molecule has 7 nitrogen and oxygen atoms in total. The molecule has 160 valence electrons. The van der Waals surface area contributed by atoms with Gasteiger partial charge < -0.3 is 19.4 Å². The van der Waals surface area contributed by atoms with E-state index in [-0.39, 0.29) is 30.0 Å². The highest BCUT2D eigenvalue weighted by atomic mass is 19.1. The summed E-state index contributed by atoms with van der Waals surface area (Å²) in [5.41, 5.74) is 0.666. The Bertz CT molecular complexity index is 1050. The maximum Gasteiger partial charge on any atom is 0.289 e. The predicted molar refractivity (Wildman–Crippen MR) is 110 cm³/mol. The summed E-state index contributed by atoms with van der Waals surface area (Å²) in [6, 6.07) is 12.6. The van der Waals surface area contributed by atoms with Crippen molar-refractivity contribution in [2.45, 2.75) is 19.4 Å². The maximum absolute atomic E-state index is 13.4. The van der Waals surface area contributed by atoms with Crippen LogP contribution in [0.1, 0.15) is 29.0 Å². The summed E-state index contributed by atoms with van der Waals surface area (Å²) in [5.74, 6) is -0.169. The van der Waals surface area contributed by atoms with Crippen molar-refractivity contribution in [3.8, 4) is 11.6 Å². The Labute approximate surface area is 178 Å². The van der Waals surface area contributed by atoms with Crippen LogP contribution in [0.3, 0.4) is 0 Å². The second-order valence-corrected chi connectivity index (χ2v) is 7.31. The van der Waals surface area contributed by atoms with Crippen molar-refractivity contribution in [3.63, 3.8) is 0 Å². The number of aromatic nitrogens is 1.